The van der Waals surface area contributed by atoms with Gasteiger partial charge in [-0.3, -0.25) is 5.43 Å². The molecule has 6 heteroatoms. The number of anilines is 2. The Kier molecular flexibility index (Phi) is 4.32. The van der Waals surface area contributed by atoms with Gasteiger partial charge in [-0.25, -0.2) is 10.8 Å². The molecule has 1 aromatic heterocycles. The average Bonchev–Trinajstić information content (AvgIpc) is 2.19. The topological polar surface area (TPSA) is 75.9 Å². The van der Waals surface area contributed by atoms with Crippen LogP contribution in [0.4, 0.5) is 11.8 Å². The first-order valence-electron chi connectivity index (χ1n) is 5.15. The molecule has 0 aliphatic heterocycles. The molecule has 5 nitrogen and oxygen atoms in total. The minimum Gasteiger partial charge on any atom is -0.369 e. The van der Waals surface area contributed by atoms with Crippen LogP contribution in [0.25, 0.3) is 0 Å². The fraction of sp³-hybridized carbons (Fsp3) is 0.600. The van der Waals surface area contributed by atoms with E-state index in [2.05, 4.69) is 41.5 Å². The van der Waals surface area contributed by atoms with E-state index in [1.165, 1.54) is 6.20 Å². The Morgan fingerprint density at radius 1 is 1.44 bits per heavy atom. The Morgan fingerprint density at radius 3 is 2.69 bits per heavy atom. The second-order valence-corrected chi connectivity index (χ2v) is 5.18. The normalized spacial score (nSPS) is 11.3. The predicted octanol–water partition coefficient (Wildman–Crippen LogP) is 2.26. The largest absolute Gasteiger partial charge is 0.369 e. The number of halogens is 1. The number of rotatable bonds is 4. The molecular weight excluding hydrogens is 226 g/mol. The monoisotopic (exact) mass is 243 g/mol. The smallest absolute Gasteiger partial charge is 0.239 e. The maximum atomic E-state index is 5.95. The van der Waals surface area contributed by atoms with Crippen molar-refractivity contribution in [1.29, 1.82) is 0 Å². The average molecular weight is 244 g/mol. The Morgan fingerprint density at radius 2 is 2.12 bits per heavy atom. The van der Waals surface area contributed by atoms with E-state index in [9.17, 15) is 0 Å². The van der Waals surface area contributed by atoms with E-state index in [1.54, 1.807) is 0 Å². The van der Waals surface area contributed by atoms with E-state index in [0.717, 1.165) is 13.0 Å². The summed E-state index contributed by atoms with van der Waals surface area (Å²) >= 11 is 5.95. The number of hydrogen-bond acceptors (Lipinski definition) is 5. The van der Waals surface area contributed by atoms with E-state index in [0.29, 0.717) is 16.8 Å². The third-order valence-corrected chi connectivity index (χ3v) is 2.32. The standard InChI is InChI=1S/C10H18ClN5/c1-10(2,3)4-5-13-8-7(11)6-14-9(15-8)16-12/h6H,4-5,12H2,1-3H3,(H2,13,14,15,16). The van der Waals surface area contributed by atoms with Gasteiger partial charge in [0.05, 0.1) is 6.20 Å². The first-order chi connectivity index (χ1) is 7.42. The first-order valence-corrected chi connectivity index (χ1v) is 5.53. The first kappa shape index (κ1) is 13.0. The lowest BCUT2D eigenvalue weighted by Crippen LogP contribution is -2.15. The maximum absolute atomic E-state index is 5.95. The van der Waals surface area contributed by atoms with Crippen LogP contribution in [-0.2, 0) is 0 Å². The van der Waals surface area contributed by atoms with Crippen LogP contribution in [0.2, 0.25) is 5.02 Å². The Hall–Kier alpha value is -1.07. The molecule has 4 N–H and O–H groups in total. The lowest BCUT2D eigenvalue weighted by Gasteiger charge is -2.18. The van der Waals surface area contributed by atoms with Crippen molar-refractivity contribution in [2.75, 3.05) is 17.3 Å². The molecule has 0 aromatic carbocycles. The number of nitrogens with one attached hydrogen (secondary N) is 2. The minimum atomic E-state index is 0.279. The molecule has 1 aromatic rings. The molecule has 0 radical (unpaired) electrons. The summed E-state index contributed by atoms with van der Waals surface area (Å²) in [6, 6.07) is 0. The lowest BCUT2D eigenvalue weighted by atomic mass is 9.92. The number of nitrogen functional groups attached to an aromatic ring is 1. The van der Waals surface area contributed by atoms with Gasteiger partial charge < -0.3 is 5.32 Å². The van der Waals surface area contributed by atoms with Gasteiger partial charge in [-0.05, 0) is 11.8 Å². The molecule has 0 bridgehead atoms. The summed E-state index contributed by atoms with van der Waals surface area (Å²) in [5.74, 6) is 6.18. The fourth-order valence-corrected chi connectivity index (χ4v) is 1.27. The summed E-state index contributed by atoms with van der Waals surface area (Å²) in [6.07, 6.45) is 2.54. The van der Waals surface area contributed by atoms with Crippen LogP contribution in [-0.4, -0.2) is 16.5 Å². The molecule has 0 atom stereocenters. The van der Waals surface area contributed by atoms with Crippen LogP contribution in [0, 0.1) is 5.41 Å². The van der Waals surface area contributed by atoms with Gasteiger partial charge in [0.15, 0.2) is 5.82 Å². The fourth-order valence-electron chi connectivity index (χ4n) is 1.12. The number of nitrogens with zero attached hydrogens (tertiary/aromatic N) is 2. The molecule has 0 saturated heterocycles. The van der Waals surface area contributed by atoms with Crippen molar-refractivity contribution in [2.24, 2.45) is 11.3 Å². The molecule has 0 saturated carbocycles. The lowest BCUT2D eigenvalue weighted by molar-refractivity contribution is 0.389. The third-order valence-electron chi connectivity index (χ3n) is 2.04. The molecule has 1 heterocycles. The van der Waals surface area contributed by atoms with Crippen molar-refractivity contribution in [3.8, 4) is 0 Å². The summed E-state index contributed by atoms with van der Waals surface area (Å²) in [6.45, 7) is 7.36. The SMILES string of the molecule is CC(C)(C)CCNc1nc(NN)ncc1Cl. The van der Waals surface area contributed by atoms with Gasteiger partial charge in [0.1, 0.15) is 5.02 Å². The highest BCUT2D eigenvalue weighted by Gasteiger charge is 2.10. The molecule has 0 aliphatic carbocycles. The van der Waals surface area contributed by atoms with Gasteiger partial charge in [-0.2, -0.15) is 4.98 Å². The minimum absolute atomic E-state index is 0.279. The highest BCUT2D eigenvalue weighted by Crippen LogP contribution is 2.21. The maximum Gasteiger partial charge on any atom is 0.239 e. The summed E-state index contributed by atoms with van der Waals surface area (Å²) in [7, 11) is 0. The van der Waals surface area contributed by atoms with Gasteiger partial charge in [-0.1, -0.05) is 32.4 Å². The molecule has 16 heavy (non-hydrogen) atoms. The van der Waals surface area contributed by atoms with Crippen LogP contribution in [0.15, 0.2) is 6.20 Å². The van der Waals surface area contributed by atoms with Gasteiger partial charge >= 0.3 is 0 Å². The molecule has 0 aliphatic rings. The zero-order valence-electron chi connectivity index (χ0n) is 9.84. The number of hydrogen-bond donors (Lipinski definition) is 3. The molecule has 0 amide bonds. The van der Waals surface area contributed by atoms with Crippen LogP contribution in [0.1, 0.15) is 27.2 Å². The molecule has 0 fully saturated rings. The Bertz CT molecular complexity index is 348. The summed E-state index contributed by atoms with van der Waals surface area (Å²) < 4.78 is 0. The van der Waals surface area contributed by atoms with Crippen molar-refractivity contribution in [2.45, 2.75) is 27.2 Å². The predicted molar refractivity (Wildman–Crippen MR) is 67.4 cm³/mol. The zero-order chi connectivity index (χ0) is 12.2. The van der Waals surface area contributed by atoms with Crippen LogP contribution >= 0.6 is 11.6 Å². The van der Waals surface area contributed by atoms with Crippen LogP contribution < -0.4 is 16.6 Å². The summed E-state index contributed by atoms with van der Waals surface area (Å²) in [5, 5.41) is 3.66. The Balaban J connectivity index is 2.59. The molecule has 90 valence electrons. The van der Waals surface area contributed by atoms with Crippen molar-refractivity contribution in [3.05, 3.63) is 11.2 Å². The number of hydrazine groups is 1. The number of aromatic nitrogens is 2. The van der Waals surface area contributed by atoms with Crippen molar-refractivity contribution < 1.29 is 0 Å². The van der Waals surface area contributed by atoms with E-state index < -0.39 is 0 Å². The Labute approximate surface area is 101 Å². The molecule has 0 unspecified atom stereocenters. The van der Waals surface area contributed by atoms with E-state index >= 15 is 0 Å². The van der Waals surface area contributed by atoms with Crippen molar-refractivity contribution >= 4 is 23.4 Å². The quantitative estimate of drug-likeness (QED) is 0.559. The van der Waals surface area contributed by atoms with Crippen LogP contribution in [0.5, 0.6) is 0 Å². The van der Waals surface area contributed by atoms with E-state index in [1.807, 2.05) is 0 Å². The van der Waals surface area contributed by atoms with Crippen molar-refractivity contribution in [3.63, 3.8) is 0 Å². The summed E-state index contributed by atoms with van der Waals surface area (Å²) in [5.41, 5.74) is 2.66. The van der Waals surface area contributed by atoms with Gasteiger partial charge in [-0.15, -0.1) is 0 Å². The van der Waals surface area contributed by atoms with Gasteiger partial charge in [0.25, 0.3) is 0 Å². The third kappa shape index (κ3) is 4.20. The molecule has 1 rings (SSSR count). The molecule has 0 spiro atoms. The van der Waals surface area contributed by atoms with Crippen molar-refractivity contribution in [1.82, 2.24) is 9.97 Å². The van der Waals surface area contributed by atoms with E-state index in [4.69, 9.17) is 17.4 Å². The second kappa shape index (κ2) is 5.32. The number of nitrogens with two attached hydrogens (primary N) is 1. The summed E-state index contributed by atoms with van der Waals surface area (Å²) in [4.78, 5) is 8.02. The van der Waals surface area contributed by atoms with Gasteiger partial charge in [0, 0.05) is 6.54 Å². The molecular formula is C10H18ClN5. The zero-order valence-corrected chi connectivity index (χ0v) is 10.6. The second-order valence-electron chi connectivity index (χ2n) is 4.77. The highest BCUT2D eigenvalue weighted by atomic mass is 35.5. The highest BCUT2D eigenvalue weighted by molar-refractivity contribution is 6.32. The van der Waals surface area contributed by atoms with Crippen LogP contribution in [0.3, 0.4) is 0 Å². The van der Waals surface area contributed by atoms with Gasteiger partial charge in [0.2, 0.25) is 5.95 Å². The van der Waals surface area contributed by atoms with E-state index in [-0.39, 0.29) is 5.41 Å².